The molecular formula is C23H28O4S. The molecule has 2 aliphatic heterocycles. The number of ether oxygens (including phenoxy) is 1. The highest BCUT2D eigenvalue weighted by Crippen LogP contribution is 2.61. The second kappa shape index (κ2) is 6.02. The van der Waals surface area contributed by atoms with Crippen molar-refractivity contribution in [2.75, 3.05) is 5.75 Å². The molecule has 2 aliphatic carbocycles. The molecule has 0 unspecified atom stereocenters. The Morgan fingerprint density at radius 2 is 1.89 bits per heavy atom. The van der Waals surface area contributed by atoms with Crippen LogP contribution in [0.3, 0.4) is 0 Å². The summed E-state index contributed by atoms with van der Waals surface area (Å²) >= 11 is 0. The Hall–Kier alpha value is -1.46. The second-order valence-electron chi connectivity index (χ2n) is 9.52. The Kier molecular flexibility index (Phi) is 3.99. The first-order valence-corrected chi connectivity index (χ1v) is 12.1. The molecule has 4 aliphatic rings. The van der Waals surface area contributed by atoms with Gasteiger partial charge in [-0.3, -0.25) is 4.79 Å². The minimum atomic E-state index is -3.37. The first kappa shape index (κ1) is 18.6. The molecule has 1 aromatic carbocycles. The van der Waals surface area contributed by atoms with Crippen LogP contribution < -0.4 is 0 Å². The highest BCUT2D eigenvalue weighted by atomic mass is 32.2. The van der Waals surface area contributed by atoms with E-state index in [9.17, 15) is 13.2 Å². The molecule has 4 nitrogen and oxygen atoms in total. The van der Waals surface area contributed by atoms with Crippen LogP contribution in [0.5, 0.6) is 0 Å². The summed E-state index contributed by atoms with van der Waals surface area (Å²) in [4.78, 5) is 13.1. The molecular weight excluding hydrogens is 372 g/mol. The number of aryl methyl sites for hydroxylation is 1. The number of carbonyl (C=O) groups excluding carboxylic acids is 1. The molecule has 2 spiro atoms. The lowest BCUT2D eigenvalue weighted by molar-refractivity contribution is -0.123. The fourth-order valence-corrected chi connectivity index (χ4v) is 7.86. The first-order chi connectivity index (χ1) is 13.2. The number of benzene rings is 1. The van der Waals surface area contributed by atoms with Crippen molar-refractivity contribution in [1.82, 2.24) is 0 Å². The zero-order valence-electron chi connectivity index (χ0n) is 16.6. The van der Waals surface area contributed by atoms with Crippen LogP contribution in [0.4, 0.5) is 0 Å². The Balaban J connectivity index is 1.49. The normalized spacial score (nSPS) is 39.4. The topological polar surface area (TPSA) is 60.4 Å². The number of hydrogen-bond acceptors (Lipinski definition) is 4. The van der Waals surface area contributed by atoms with E-state index in [2.05, 4.69) is 13.0 Å². The third-order valence-corrected chi connectivity index (χ3v) is 9.52. The van der Waals surface area contributed by atoms with E-state index in [0.717, 1.165) is 36.8 Å². The van der Waals surface area contributed by atoms with Crippen LogP contribution in [0.2, 0.25) is 0 Å². The van der Waals surface area contributed by atoms with Gasteiger partial charge in [-0.25, -0.2) is 8.42 Å². The molecule has 0 radical (unpaired) electrons. The lowest BCUT2D eigenvalue weighted by Gasteiger charge is -2.33. The van der Waals surface area contributed by atoms with Crippen LogP contribution in [-0.4, -0.2) is 31.2 Å². The lowest BCUT2D eigenvalue weighted by Crippen LogP contribution is -2.37. The van der Waals surface area contributed by atoms with Gasteiger partial charge in [-0.1, -0.05) is 30.7 Å². The van der Waals surface area contributed by atoms with E-state index < -0.39 is 15.4 Å². The zero-order valence-corrected chi connectivity index (χ0v) is 17.4. The van der Waals surface area contributed by atoms with Crippen molar-refractivity contribution in [3.05, 3.63) is 41.5 Å². The highest BCUT2D eigenvalue weighted by Gasteiger charge is 2.62. The van der Waals surface area contributed by atoms with Crippen LogP contribution in [0, 0.1) is 24.7 Å². The molecule has 5 heteroatoms. The van der Waals surface area contributed by atoms with E-state index in [0.29, 0.717) is 23.7 Å². The van der Waals surface area contributed by atoms with E-state index >= 15 is 0 Å². The van der Waals surface area contributed by atoms with Gasteiger partial charge in [-0.05, 0) is 62.1 Å². The summed E-state index contributed by atoms with van der Waals surface area (Å²) in [5.41, 5.74) is 1.28. The average Bonchev–Trinajstić information content (AvgIpc) is 3.17. The Labute approximate surface area is 167 Å². The van der Waals surface area contributed by atoms with Gasteiger partial charge in [0.2, 0.25) is 0 Å². The molecule has 0 amide bonds. The first-order valence-electron chi connectivity index (χ1n) is 10.5. The zero-order chi connectivity index (χ0) is 19.7. The summed E-state index contributed by atoms with van der Waals surface area (Å²) in [5.74, 6) is 1.06. The van der Waals surface area contributed by atoms with E-state index in [1.54, 1.807) is 12.1 Å². The van der Waals surface area contributed by atoms with E-state index in [4.69, 9.17) is 4.74 Å². The summed E-state index contributed by atoms with van der Waals surface area (Å²) in [6, 6.07) is 7.10. The van der Waals surface area contributed by atoms with Crippen molar-refractivity contribution in [3.63, 3.8) is 0 Å². The average molecular weight is 401 g/mol. The molecule has 0 N–H and O–H groups in total. The summed E-state index contributed by atoms with van der Waals surface area (Å²) in [5, 5.41) is 0. The van der Waals surface area contributed by atoms with Gasteiger partial charge in [-0.2, -0.15) is 0 Å². The molecule has 2 saturated carbocycles. The van der Waals surface area contributed by atoms with E-state index in [-0.39, 0.29) is 29.0 Å². The maximum atomic E-state index is 13.1. The molecule has 28 heavy (non-hydrogen) atoms. The minimum absolute atomic E-state index is 0.0480. The SMILES string of the molecule is Cc1ccc(S(=O)(=O)C[C@@H]2CC[C@@]34CC(=O)C[C@@H]5[C@H](C)CC[C@]5(C=C23)O4)cc1. The third-order valence-electron chi connectivity index (χ3n) is 7.68. The van der Waals surface area contributed by atoms with Crippen molar-refractivity contribution >= 4 is 15.6 Å². The van der Waals surface area contributed by atoms with Crippen molar-refractivity contribution in [2.24, 2.45) is 17.8 Å². The summed E-state index contributed by atoms with van der Waals surface area (Å²) in [7, 11) is -3.37. The highest BCUT2D eigenvalue weighted by molar-refractivity contribution is 7.91. The van der Waals surface area contributed by atoms with Gasteiger partial charge in [0.05, 0.1) is 21.9 Å². The fourth-order valence-electron chi connectivity index (χ4n) is 6.24. The predicted octanol–water partition coefficient (Wildman–Crippen LogP) is 4.02. The molecule has 1 saturated heterocycles. The van der Waals surface area contributed by atoms with Gasteiger partial charge < -0.3 is 4.74 Å². The van der Waals surface area contributed by atoms with Gasteiger partial charge in [0.1, 0.15) is 5.78 Å². The van der Waals surface area contributed by atoms with E-state index in [1.165, 1.54) is 0 Å². The molecule has 1 aromatic rings. The number of sulfone groups is 1. The predicted molar refractivity (Wildman–Crippen MR) is 107 cm³/mol. The standard InChI is InChI=1S/C23H28O4S/c1-15-3-5-19(6-4-15)28(25,26)14-17-8-10-22-12-18(24)11-20-16(2)7-9-23(20,27-22)13-21(17)22/h3-6,13,16-17,20H,7-12,14H2,1-2H3/t16-,17+,20-,22-,23-/m1/s1. The number of Topliss-reactive ketones (excluding diaryl/α,β-unsaturated/α-hetero) is 1. The molecule has 5 atom stereocenters. The number of ketones is 1. The number of rotatable bonds is 3. The van der Waals surface area contributed by atoms with Crippen LogP contribution in [-0.2, 0) is 19.4 Å². The summed E-state index contributed by atoms with van der Waals surface area (Å²) in [6.45, 7) is 4.18. The summed E-state index contributed by atoms with van der Waals surface area (Å²) in [6.07, 6.45) is 6.88. The molecule has 3 fully saturated rings. The van der Waals surface area contributed by atoms with Crippen molar-refractivity contribution in [1.29, 1.82) is 0 Å². The molecule has 2 heterocycles. The monoisotopic (exact) mass is 400 g/mol. The molecule has 2 bridgehead atoms. The molecule has 150 valence electrons. The van der Waals surface area contributed by atoms with Crippen molar-refractivity contribution < 1.29 is 17.9 Å². The maximum Gasteiger partial charge on any atom is 0.178 e. The quantitative estimate of drug-likeness (QED) is 0.719. The van der Waals surface area contributed by atoms with Crippen LogP contribution in [0.15, 0.2) is 40.8 Å². The Morgan fingerprint density at radius 1 is 1.14 bits per heavy atom. The fraction of sp³-hybridized carbons (Fsp3) is 0.609. The largest absolute Gasteiger partial charge is 0.359 e. The molecule has 0 aromatic heterocycles. The maximum absolute atomic E-state index is 13.1. The number of carbonyl (C=O) groups is 1. The lowest BCUT2D eigenvalue weighted by atomic mass is 9.78. The van der Waals surface area contributed by atoms with Crippen molar-refractivity contribution in [2.45, 2.75) is 68.5 Å². The van der Waals surface area contributed by atoms with Gasteiger partial charge in [0, 0.05) is 18.8 Å². The van der Waals surface area contributed by atoms with Crippen molar-refractivity contribution in [3.8, 4) is 0 Å². The van der Waals surface area contributed by atoms with E-state index in [1.807, 2.05) is 19.1 Å². The third kappa shape index (κ3) is 2.66. The second-order valence-corrected chi connectivity index (χ2v) is 11.6. The van der Waals surface area contributed by atoms with Gasteiger partial charge >= 0.3 is 0 Å². The van der Waals surface area contributed by atoms with Gasteiger partial charge in [0.25, 0.3) is 0 Å². The number of hydrogen-bond donors (Lipinski definition) is 0. The van der Waals surface area contributed by atoms with Gasteiger partial charge in [0.15, 0.2) is 9.84 Å². The molecule has 5 rings (SSSR count). The smallest absolute Gasteiger partial charge is 0.178 e. The minimum Gasteiger partial charge on any atom is -0.359 e. The Bertz CT molecular complexity index is 961. The van der Waals surface area contributed by atoms with Crippen LogP contribution in [0.25, 0.3) is 0 Å². The van der Waals surface area contributed by atoms with Gasteiger partial charge in [-0.15, -0.1) is 0 Å². The van der Waals surface area contributed by atoms with Crippen LogP contribution >= 0.6 is 0 Å². The Morgan fingerprint density at radius 3 is 2.64 bits per heavy atom. The van der Waals surface area contributed by atoms with Crippen LogP contribution in [0.1, 0.15) is 51.0 Å². The summed E-state index contributed by atoms with van der Waals surface area (Å²) < 4.78 is 32.9.